The highest BCUT2D eigenvalue weighted by molar-refractivity contribution is 5.27. The fraction of sp³-hybridized carbons (Fsp3) is 0.538. The summed E-state index contributed by atoms with van der Waals surface area (Å²) in [6, 6.07) is 8.41. The van der Waals surface area contributed by atoms with Crippen LogP contribution in [-0.4, -0.2) is 12.6 Å². The van der Waals surface area contributed by atoms with Crippen LogP contribution in [0.25, 0.3) is 0 Å². The summed E-state index contributed by atoms with van der Waals surface area (Å²) in [5.74, 6) is 1.51. The van der Waals surface area contributed by atoms with Gasteiger partial charge in [-0.3, -0.25) is 0 Å². The van der Waals surface area contributed by atoms with Crippen LogP contribution in [0.3, 0.4) is 0 Å². The maximum absolute atomic E-state index is 5.73. The Morgan fingerprint density at radius 1 is 1.13 bits per heavy atom. The van der Waals surface area contributed by atoms with Gasteiger partial charge in [0, 0.05) is 6.04 Å². The van der Waals surface area contributed by atoms with Crippen LogP contribution in [0.5, 0.6) is 5.75 Å². The SMILES string of the molecule is CC(C)COc1ccc(CC(C)N)cc1. The summed E-state index contributed by atoms with van der Waals surface area (Å²) in [5.41, 5.74) is 7.00. The molecule has 0 saturated heterocycles. The molecule has 15 heavy (non-hydrogen) atoms. The van der Waals surface area contributed by atoms with Gasteiger partial charge in [0.1, 0.15) is 5.75 Å². The van der Waals surface area contributed by atoms with E-state index in [9.17, 15) is 0 Å². The van der Waals surface area contributed by atoms with Gasteiger partial charge in [-0.1, -0.05) is 26.0 Å². The van der Waals surface area contributed by atoms with E-state index < -0.39 is 0 Å². The molecular weight excluding hydrogens is 186 g/mol. The second kappa shape index (κ2) is 5.76. The van der Waals surface area contributed by atoms with Gasteiger partial charge in [0.2, 0.25) is 0 Å². The van der Waals surface area contributed by atoms with Crippen LogP contribution in [-0.2, 0) is 6.42 Å². The number of ether oxygens (including phenoxy) is 1. The van der Waals surface area contributed by atoms with E-state index in [0.717, 1.165) is 18.8 Å². The molecule has 0 heterocycles. The number of hydrogen-bond acceptors (Lipinski definition) is 2. The molecule has 0 aromatic heterocycles. The van der Waals surface area contributed by atoms with E-state index in [-0.39, 0.29) is 6.04 Å². The Hall–Kier alpha value is -1.02. The number of benzene rings is 1. The van der Waals surface area contributed by atoms with Gasteiger partial charge >= 0.3 is 0 Å². The lowest BCUT2D eigenvalue weighted by atomic mass is 10.1. The van der Waals surface area contributed by atoms with Crippen LogP contribution in [0.1, 0.15) is 26.3 Å². The summed E-state index contributed by atoms with van der Waals surface area (Å²) in [6.07, 6.45) is 0.921. The van der Waals surface area contributed by atoms with Gasteiger partial charge in [-0.15, -0.1) is 0 Å². The predicted molar refractivity (Wildman–Crippen MR) is 64.1 cm³/mol. The minimum atomic E-state index is 0.215. The first kappa shape index (κ1) is 12.1. The van der Waals surface area contributed by atoms with Crippen molar-refractivity contribution in [3.05, 3.63) is 29.8 Å². The Kier molecular flexibility index (Phi) is 4.63. The highest BCUT2D eigenvalue weighted by Gasteiger charge is 1.99. The first-order valence-electron chi connectivity index (χ1n) is 5.55. The van der Waals surface area contributed by atoms with E-state index in [1.165, 1.54) is 5.56 Å². The zero-order valence-corrected chi connectivity index (χ0v) is 9.86. The molecule has 0 spiro atoms. The minimum Gasteiger partial charge on any atom is -0.493 e. The Morgan fingerprint density at radius 2 is 1.73 bits per heavy atom. The van der Waals surface area contributed by atoms with Crippen molar-refractivity contribution in [3.63, 3.8) is 0 Å². The topological polar surface area (TPSA) is 35.2 Å². The van der Waals surface area contributed by atoms with Crippen molar-refractivity contribution >= 4 is 0 Å². The molecule has 84 valence electrons. The van der Waals surface area contributed by atoms with Crippen LogP contribution >= 0.6 is 0 Å². The standard InChI is InChI=1S/C13H21NO/c1-10(2)9-15-13-6-4-12(5-7-13)8-11(3)14/h4-7,10-11H,8-9,14H2,1-3H3. The number of hydrogen-bond donors (Lipinski definition) is 1. The molecule has 0 aliphatic carbocycles. The van der Waals surface area contributed by atoms with Gasteiger partial charge in [0.25, 0.3) is 0 Å². The molecule has 1 aromatic carbocycles. The average molecular weight is 207 g/mol. The summed E-state index contributed by atoms with van der Waals surface area (Å²) < 4.78 is 5.60. The summed E-state index contributed by atoms with van der Waals surface area (Å²) in [6.45, 7) is 7.07. The molecule has 1 rings (SSSR count). The third-order valence-electron chi connectivity index (χ3n) is 2.06. The van der Waals surface area contributed by atoms with E-state index in [0.29, 0.717) is 5.92 Å². The Bertz CT molecular complexity index is 277. The summed E-state index contributed by atoms with van der Waals surface area (Å²) in [7, 11) is 0. The van der Waals surface area contributed by atoms with Crippen LogP contribution < -0.4 is 10.5 Å². The lowest BCUT2D eigenvalue weighted by Gasteiger charge is -2.10. The molecule has 0 saturated carbocycles. The Labute approximate surface area is 92.4 Å². The van der Waals surface area contributed by atoms with Gasteiger partial charge in [-0.2, -0.15) is 0 Å². The summed E-state index contributed by atoms with van der Waals surface area (Å²) in [5, 5.41) is 0. The monoisotopic (exact) mass is 207 g/mol. The third-order valence-corrected chi connectivity index (χ3v) is 2.06. The lowest BCUT2D eigenvalue weighted by molar-refractivity contribution is 0.271. The van der Waals surface area contributed by atoms with E-state index >= 15 is 0 Å². The van der Waals surface area contributed by atoms with E-state index in [1.54, 1.807) is 0 Å². The normalized spacial score (nSPS) is 12.9. The molecule has 0 aliphatic heterocycles. The van der Waals surface area contributed by atoms with Crippen molar-refractivity contribution < 1.29 is 4.74 Å². The smallest absolute Gasteiger partial charge is 0.119 e. The fourth-order valence-electron chi connectivity index (χ4n) is 1.36. The maximum Gasteiger partial charge on any atom is 0.119 e. The molecule has 1 aromatic rings. The van der Waals surface area contributed by atoms with Crippen LogP contribution in [0.2, 0.25) is 0 Å². The van der Waals surface area contributed by atoms with E-state index in [1.807, 2.05) is 19.1 Å². The zero-order chi connectivity index (χ0) is 11.3. The van der Waals surface area contributed by atoms with E-state index in [2.05, 4.69) is 26.0 Å². The van der Waals surface area contributed by atoms with Crippen molar-refractivity contribution in [3.8, 4) is 5.75 Å². The Balaban J connectivity index is 2.49. The van der Waals surface area contributed by atoms with Crippen LogP contribution in [0, 0.1) is 5.92 Å². The largest absolute Gasteiger partial charge is 0.493 e. The van der Waals surface area contributed by atoms with Crippen LogP contribution in [0.4, 0.5) is 0 Å². The third kappa shape index (κ3) is 4.84. The molecule has 0 aliphatic rings. The van der Waals surface area contributed by atoms with Crippen molar-refractivity contribution in [2.24, 2.45) is 11.7 Å². The molecule has 2 N–H and O–H groups in total. The second-order valence-corrected chi connectivity index (χ2v) is 4.53. The van der Waals surface area contributed by atoms with Gasteiger partial charge in [-0.05, 0) is 37.0 Å². The van der Waals surface area contributed by atoms with Crippen molar-refractivity contribution in [2.75, 3.05) is 6.61 Å². The summed E-state index contributed by atoms with van der Waals surface area (Å²) >= 11 is 0. The van der Waals surface area contributed by atoms with Crippen molar-refractivity contribution in [1.82, 2.24) is 0 Å². The molecule has 2 heteroatoms. The van der Waals surface area contributed by atoms with Crippen LogP contribution in [0.15, 0.2) is 24.3 Å². The highest BCUT2D eigenvalue weighted by Crippen LogP contribution is 2.14. The second-order valence-electron chi connectivity index (χ2n) is 4.53. The summed E-state index contributed by atoms with van der Waals surface area (Å²) in [4.78, 5) is 0. The first-order chi connectivity index (χ1) is 7.08. The van der Waals surface area contributed by atoms with Crippen molar-refractivity contribution in [1.29, 1.82) is 0 Å². The molecule has 0 bridgehead atoms. The molecular formula is C13H21NO. The molecule has 0 fully saturated rings. The predicted octanol–water partition coefficient (Wildman–Crippen LogP) is 2.61. The number of nitrogens with two attached hydrogens (primary N) is 1. The van der Waals surface area contributed by atoms with Gasteiger partial charge in [0.05, 0.1) is 6.61 Å². The minimum absolute atomic E-state index is 0.215. The number of rotatable bonds is 5. The molecule has 0 radical (unpaired) electrons. The molecule has 1 unspecified atom stereocenters. The average Bonchev–Trinajstić information content (AvgIpc) is 2.16. The first-order valence-corrected chi connectivity index (χ1v) is 5.55. The quantitative estimate of drug-likeness (QED) is 0.805. The van der Waals surface area contributed by atoms with Gasteiger partial charge in [-0.25, -0.2) is 0 Å². The fourth-order valence-corrected chi connectivity index (χ4v) is 1.36. The lowest BCUT2D eigenvalue weighted by Crippen LogP contribution is -2.17. The zero-order valence-electron chi connectivity index (χ0n) is 9.86. The van der Waals surface area contributed by atoms with Gasteiger partial charge < -0.3 is 10.5 Å². The molecule has 0 amide bonds. The highest BCUT2D eigenvalue weighted by atomic mass is 16.5. The van der Waals surface area contributed by atoms with E-state index in [4.69, 9.17) is 10.5 Å². The molecule has 2 nitrogen and oxygen atoms in total. The van der Waals surface area contributed by atoms with Crippen molar-refractivity contribution in [2.45, 2.75) is 33.2 Å². The Morgan fingerprint density at radius 3 is 2.20 bits per heavy atom. The molecule has 1 atom stereocenters. The maximum atomic E-state index is 5.73. The van der Waals surface area contributed by atoms with Gasteiger partial charge in [0.15, 0.2) is 0 Å².